The number of nitrogens with zero attached hydrogens (tertiary/aromatic N) is 6. The number of rotatable bonds is 5. The fraction of sp³-hybridized carbons (Fsp3) is 0.500. The van der Waals surface area contributed by atoms with Gasteiger partial charge in [-0.1, -0.05) is 0 Å². The van der Waals surface area contributed by atoms with Crippen molar-refractivity contribution in [3.63, 3.8) is 0 Å². The highest BCUT2D eigenvalue weighted by Gasteiger charge is 2.27. The highest BCUT2D eigenvalue weighted by atomic mass is 19.1. The normalized spacial score (nSPS) is 18.0. The van der Waals surface area contributed by atoms with Gasteiger partial charge in [0.2, 0.25) is 5.91 Å². The number of aryl methyl sites for hydroxylation is 1. The Hall–Kier alpha value is -2.51. The first-order chi connectivity index (χ1) is 11.6. The summed E-state index contributed by atoms with van der Waals surface area (Å²) in [6.45, 7) is 4.77. The number of piperazine rings is 1. The van der Waals surface area contributed by atoms with Crippen LogP contribution in [0, 0.1) is 5.82 Å². The zero-order valence-corrected chi connectivity index (χ0v) is 13.7. The second-order valence-electron chi connectivity index (χ2n) is 5.98. The highest BCUT2D eigenvalue weighted by molar-refractivity contribution is 5.76. The van der Waals surface area contributed by atoms with E-state index in [1.807, 2.05) is 4.90 Å². The Bertz CT molecular complexity index is 660. The van der Waals surface area contributed by atoms with Crippen molar-refractivity contribution in [1.82, 2.24) is 24.6 Å². The smallest absolute Gasteiger partial charge is 0.222 e. The van der Waals surface area contributed by atoms with Crippen LogP contribution in [0.2, 0.25) is 0 Å². The number of carbonyl (C=O) groups excluding carboxylic acids is 1. The molecule has 1 unspecified atom stereocenters. The molecule has 1 aliphatic heterocycles. The van der Waals surface area contributed by atoms with E-state index in [0.717, 1.165) is 12.2 Å². The summed E-state index contributed by atoms with van der Waals surface area (Å²) in [5, 5.41) is 4.03. The van der Waals surface area contributed by atoms with Gasteiger partial charge in [-0.25, -0.2) is 14.4 Å². The largest absolute Gasteiger partial charge is 0.350 e. The summed E-state index contributed by atoms with van der Waals surface area (Å²) in [5.74, 6) is 0.573. The zero-order chi connectivity index (χ0) is 16.9. The maximum Gasteiger partial charge on any atom is 0.222 e. The Morgan fingerprint density at radius 1 is 1.38 bits per heavy atom. The van der Waals surface area contributed by atoms with E-state index in [2.05, 4.69) is 26.9 Å². The van der Waals surface area contributed by atoms with Crippen LogP contribution in [0.1, 0.15) is 19.8 Å². The molecule has 0 radical (unpaired) electrons. The Kier molecular flexibility index (Phi) is 5.02. The van der Waals surface area contributed by atoms with Gasteiger partial charge in [0.15, 0.2) is 0 Å². The fourth-order valence-corrected chi connectivity index (χ4v) is 2.96. The van der Waals surface area contributed by atoms with E-state index in [-0.39, 0.29) is 17.8 Å². The second kappa shape index (κ2) is 7.37. The van der Waals surface area contributed by atoms with E-state index >= 15 is 0 Å². The molecule has 0 spiro atoms. The van der Waals surface area contributed by atoms with Gasteiger partial charge in [-0.2, -0.15) is 5.10 Å². The first-order valence-corrected chi connectivity index (χ1v) is 8.12. The molecule has 8 heteroatoms. The summed E-state index contributed by atoms with van der Waals surface area (Å²) in [6.07, 6.45) is 5.62. The maximum absolute atomic E-state index is 13.0. The average Bonchev–Trinajstić information content (AvgIpc) is 3.09. The van der Waals surface area contributed by atoms with Crippen molar-refractivity contribution in [1.29, 1.82) is 0 Å². The van der Waals surface area contributed by atoms with E-state index in [0.29, 0.717) is 32.6 Å². The minimum atomic E-state index is -0.340. The fourth-order valence-electron chi connectivity index (χ4n) is 2.96. The molecule has 0 aliphatic carbocycles. The minimum absolute atomic E-state index is 0.149. The van der Waals surface area contributed by atoms with Gasteiger partial charge in [-0.3, -0.25) is 9.48 Å². The number of hydrogen-bond acceptors (Lipinski definition) is 5. The summed E-state index contributed by atoms with van der Waals surface area (Å²) < 4.78 is 14.7. The molecule has 1 saturated heterocycles. The van der Waals surface area contributed by atoms with Gasteiger partial charge in [0, 0.05) is 38.6 Å². The second-order valence-corrected chi connectivity index (χ2v) is 5.98. The molecule has 2 aromatic heterocycles. The molecule has 0 aromatic carbocycles. The minimum Gasteiger partial charge on any atom is -0.350 e. The molecule has 3 rings (SSSR count). The van der Waals surface area contributed by atoms with E-state index < -0.39 is 0 Å². The van der Waals surface area contributed by atoms with Crippen molar-refractivity contribution >= 4 is 11.7 Å². The Morgan fingerprint density at radius 2 is 2.25 bits per heavy atom. The van der Waals surface area contributed by atoms with E-state index in [1.54, 1.807) is 17.1 Å². The molecule has 0 saturated carbocycles. The number of carbonyl (C=O) groups is 1. The average molecular weight is 332 g/mol. The number of halogens is 1. The van der Waals surface area contributed by atoms with Gasteiger partial charge in [-0.15, -0.1) is 0 Å². The first-order valence-electron chi connectivity index (χ1n) is 8.12. The van der Waals surface area contributed by atoms with Crippen LogP contribution >= 0.6 is 0 Å². The molecule has 1 fully saturated rings. The summed E-state index contributed by atoms with van der Waals surface area (Å²) >= 11 is 0. The van der Waals surface area contributed by atoms with Crippen molar-refractivity contribution < 1.29 is 9.18 Å². The molecular weight excluding hydrogens is 311 g/mol. The SMILES string of the molecule is CC1CN(C(=O)CCCn2cncn2)CCN1c1ccc(F)cn1. The predicted octanol–water partition coefficient (Wildman–Crippen LogP) is 1.33. The maximum atomic E-state index is 13.0. The van der Waals surface area contributed by atoms with Crippen LogP contribution in [0.15, 0.2) is 31.0 Å². The van der Waals surface area contributed by atoms with Crippen LogP contribution in [0.5, 0.6) is 0 Å². The van der Waals surface area contributed by atoms with Crippen LogP contribution in [0.4, 0.5) is 10.2 Å². The summed E-state index contributed by atoms with van der Waals surface area (Å²) in [6, 6.07) is 3.24. The van der Waals surface area contributed by atoms with Gasteiger partial charge in [-0.05, 0) is 25.5 Å². The van der Waals surface area contributed by atoms with Crippen LogP contribution in [-0.2, 0) is 11.3 Å². The highest BCUT2D eigenvalue weighted by Crippen LogP contribution is 2.19. The van der Waals surface area contributed by atoms with Crippen molar-refractivity contribution in [2.45, 2.75) is 32.4 Å². The van der Waals surface area contributed by atoms with E-state index in [1.165, 1.54) is 18.6 Å². The lowest BCUT2D eigenvalue weighted by Crippen LogP contribution is -2.54. The van der Waals surface area contributed by atoms with Crippen LogP contribution in [0.25, 0.3) is 0 Å². The van der Waals surface area contributed by atoms with Crippen LogP contribution in [0.3, 0.4) is 0 Å². The zero-order valence-electron chi connectivity index (χ0n) is 13.7. The molecule has 2 aromatic rings. The third-order valence-electron chi connectivity index (χ3n) is 4.23. The summed E-state index contributed by atoms with van der Waals surface area (Å²) in [4.78, 5) is 24.4. The molecule has 7 nitrogen and oxygen atoms in total. The number of anilines is 1. The predicted molar refractivity (Wildman–Crippen MR) is 86.8 cm³/mol. The van der Waals surface area contributed by atoms with Gasteiger partial charge >= 0.3 is 0 Å². The quantitative estimate of drug-likeness (QED) is 0.826. The third kappa shape index (κ3) is 3.87. The molecule has 128 valence electrons. The lowest BCUT2D eigenvalue weighted by atomic mass is 10.1. The van der Waals surface area contributed by atoms with Gasteiger partial charge in [0.25, 0.3) is 0 Å². The Balaban J connectivity index is 1.49. The van der Waals surface area contributed by atoms with Crippen LogP contribution in [-0.4, -0.2) is 56.2 Å². The number of aromatic nitrogens is 4. The summed E-state index contributed by atoms with van der Waals surface area (Å²) in [5.41, 5.74) is 0. The Labute approximate surface area is 140 Å². The molecule has 0 N–H and O–H groups in total. The molecule has 1 aliphatic rings. The molecule has 24 heavy (non-hydrogen) atoms. The number of pyridine rings is 1. The van der Waals surface area contributed by atoms with Crippen molar-refractivity contribution in [3.8, 4) is 0 Å². The summed E-state index contributed by atoms with van der Waals surface area (Å²) in [7, 11) is 0. The standard InChI is InChI=1S/C16H21FN6O/c1-13-10-21(16(24)3-2-6-22-12-18-11-20-22)7-8-23(13)15-5-4-14(17)9-19-15/h4-5,9,11-13H,2-3,6-8,10H2,1H3. The molecule has 0 bridgehead atoms. The van der Waals surface area contributed by atoms with Crippen molar-refractivity contribution in [2.24, 2.45) is 0 Å². The van der Waals surface area contributed by atoms with Gasteiger partial charge < -0.3 is 9.80 Å². The lowest BCUT2D eigenvalue weighted by molar-refractivity contribution is -0.132. The molecule has 3 heterocycles. The monoisotopic (exact) mass is 332 g/mol. The number of hydrogen-bond donors (Lipinski definition) is 0. The van der Waals surface area contributed by atoms with Crippen LogP contribution < -0.4 is 4.90 Å². The van der Waals surface area contributed by atoms with E-state index in [4.69, 9.17) is 0 Å². The topological polar surface area (TPSA) is 67.2 Å². The third-order valence-corrected chi connectivity index (χ3v) is 4.23. The number of amides is 1. The van der Waals surface area contributed by atoms with Crippen molar-refractivity contribution in [3.05, 3.63) is 36.8 Å². The lowest BCUT2D eigenvalue weighted by Gasteiger charge is -2.40. The molecule has 1 amide bonds. The van der Waals surface area contributed by atoms with Gasteiger partial charge in [0.05, 0.1) is 6.20 Å². The van der Waals surface area contributed by atoms with Gasteiger partial charge in [0.1, 0.15) is 24.3 Å². The molecular formula is C16H21FN6O. The van der Waals surface area contributed by atoms with Crippen molar-refractivity contribution in [2.75, 3.05) is 24.5 Å². The first kappa shape index (κ1) is 16.4. The van der Waals surface area contributed by atoms with E-state index in [9.17, 15) is 9.18 Å². The molecule has 1 atom stereocenters. The Morgan fingerprint density at radius 3 is 2.92 bits per heavy atom.